The van der Waals surface area contributed by atoms with E-state index in [1.165, 1.54) is 30.5 Å². The molecule has 0 aliphatic rings. The zero-order valence-corrected chi connectivity index (χ0v) is 9.68. The van der Waals surface area contributed by atoms with Gasteiger partial charge in [-0.2, -0.15) is 0 Å². The molecular formula is C13H11FN2O2. The first-order chi connectivity index (χ1) is 8.49. The molecule has 0 fully saturated rings. The molecular weight excluding hydrogens is 235 g/mol. The van der Waals surface area contributed by atoms with E-state index in [1.807, 2.05) is 0 Å². The second kappa shape index (κ2) is 4.44. The lowest BCUT2D eigenvalue weighted by Crippen LogP contribution is -2.24. The summed E-state index contributed by atoms with van der Waals surface area (Å²) in [6, 6.07) is 5.48. The molecule has 18 heavy (non-hydrogen) atoms. The Labute approximate surface area is 102 Å². The van der Waals surface area contributed by atoms with E-state index >= 15 is 0 Å². The summed E-state index contributed by atoms with van der Waals surface area (Å²) >= 11 is 0. The fourth-order valence-electron chi connectivity index (χ4n) is 1.72. The molecule has 5 heteroatoms. The molecule has 0 aliphatic heterocycles. The third kappa shape index (κ3) is 2.15. The average Bonchev–Trinajstić information content (AvgIpc) is 2.32. The highest BCUT2D eigenvalue weighted by atomic mass is 19.1. The topological polar surface area (TPSA) is 65.1 Å². The molecule has 1 aromatic heterocycles. The van der Waals surface area contributed by atoms with Crippen molar-refractivity contribution in [3.63, 3.8) is 0 Å². The van der Waals surface area contributed by atoms with Crippen molar-refractivity contribution in [1.82, 2.24) is 4.57 Å². The van der Waals surface area contributed by atoms with Crippen LogP contribution < -0.4 is 11.2 Å². The lowest BCUT2D eigenvalue weighted by Gasteiger charge is -2.06. The molecule has 0 unspecified atom stereocenters. The van der Waals surface area contributed by atoms with E-state index < -0.39 is 11.3 Å². The molecule has 2 rings (SSSR count). The number of halogens is 1. The van der Waals surface area contributed by atoms with Crippen LogP contribution in [0.2, 0.25) is 0 Å². The van der Waals surface area contributed by atoms with Gasteiger partial charge in [0.2, 0.25) is 5.43 Å². The third-order valence-electron chi connectivity index (χ3n) is 2.58. The number of pyridine rings is 1. The Morgan fingerprint density at radius 1 is 1.22 bits per heavy atom. The maximum atomic E-state index is 12.8. The lowest BCUT2D eigenvalue weighted by molar-refractivity contribution is 0.0998. The van der Waals surface area contributed by atoms with Gasteiger partial charge in [-0.25, -0.2) is 4.39 Å². The fraction of sp³-hybridized carbons (Fsp3) is 0.0769. The summed E-state index contributed by atoms with van der Waals surface area (Å²) in [5.74, 6) is -1.17. The van der Waals surface area contributed by atoms with Gasteiger partial charge < -0.3 is 10.3 Å². The predicted molar refractivity (Wildman–Crippen MR) is 65.6 cm³/mol. The number of carbonyl (C=O) groups is 1. The SMILES string of the molecule is Cn1cc(C(N)=O)c(=O)c(-c2ccc(F)cc2)c1. The lowest BCUT2D eigenvalue weighted by atomic mass is 10.0. The molecule has 1 heterocycles. The number of primary amides is 1. The highest BCUT2D eigenvalue weighted by Gasteiger charge is 2.12. The Morgan fingerprint density at radius 2 is 1.83 bits per heavy atom. The molecule has 0 saturated carbocycles. The standard InChI is InChI=1S/C13H11FN2O2/c1-16-6-10(8-2-4-9(14)5-3-8)12(17)11(7-16)13(15)18/h2-7H,1H3,(H2,15,18). The van der Waals surface area contributed by atoms with Crippen LogP contribution in [0.1, 0.15) is 10.4 Å². The van der Waals surface area contributed by atoms with Crippen molar-refractivity contribution >= 4 is 5.91 Å². The minimum absolute atomic E-state index is 0.0840. The van der Waals surface area contributed by atoms with E-state index in [1.54, 1.807) is 17.8 Å². The van der Waals surface area contributed by atoms with Crippen LogP contribution >= 0.6 is 0 Å². The summed E-state index contributed by atoms with van der Waals surface area (Å²) in [7, 11) is 1.68. The van der Waals surface area contributed by atoms with Gasteiger partial charge in [-0.1, -0.05) is 12.1 Å². The van der Waals surface area contributed by atoms with Crippen molar-refractivity contribution < 1.29 is 9.18 Å². The number of hydrogen-bond acceptors (Lipinski definition) is 2. The van der Waals surface area contributed by atoms with Crippen molar-refractivity contribution in [2.45, 2.75) is 0 Å². The number of hydrogen-bond donors (Lipinski definition) is 1. The molecule has 1 aromatic carbocycles. The van der Waals surface area contributed by atoms with Crippen LogP contribution in [0.3, 0.4) is 0 Å². The smallest absolute Gasteiger partial charge is 0.254 e. The molecule has 0 bridgehead atoms. The number of aryl methyl sites for hydroxylation is 1. The van der Waals surface area contributed by atoms with Crippen LogP contribution in [0.4, 0.5) is 4.39 Å². The minimum atomic E-state index is -0.778. The zero-order chi connectivity index (χ0) is 13.3. The van der Waals surface area contributed by atoms with E-state index in [2.05, 4.69) is 0 Å². The quantitative estimate of drug-likeness (QED) is 0.867. The van der Waals surface area contributed by atoms with Gasteiger partial charge in [0.05, 0.1) is 0 Å². The molecule has 2 N–H and O–H groups in total. The highest BCUT2D eigenvalue weighted by Crippen LogP contribution is 2.16. The summed E-state index contributed by atoms with van der Waals surface area (Å²) in [4.78, 5) is 23.2. The number of nitrogens with zero attached hydrogens (tertiary/aromatic N) is 1. The van der Waals surface area contributed by atoms with Crippen LogP contribution in [0.15, 0.2) is 41.5 Å². The molecule has 2 aromatic rings. The van der Waals surface area contributed by atoms with Gasteiger partial charge in [-0.3, -0.25) is 9.59 Å². The Kier molecular flexibility index (Phi) is 2.97. The van der Waals surface area contributed by atoms with Gasteiger partial charge in [0, 0.05) is 25.0 Å². The van der Waals surface area contributed by atoms with E-state index in [0.717, 1.165) is 0 Å². The second-order valence-electron chi connectivity index (χ2n) is 3.95. The predicted octanol–water partition coefficient (Wildman–Crippen LogP) is 1.29. The molecule has 92 valence electrons. The number of rotatable bonds is 2. The monoisotopic (exact) mass is 246 g/mol. The van der Waals surface area contributed by atoms with Crippen LogP contribution in [0, 0.1) is 5.82 Å². The number of aromatic nitrogens is 1. The van der Waals surface area contributed by atoms with Crippen LogP contribution in [0.25, 0.3) is 11.1 Å². The Balaban J connectivity index is 2.68. The van der Waals surface area contributed by atoms with Crippen molar-refractivity contribution in [2.75, 3.05) is 0 Å². The van der Waals surface area contributed by atoms with Crippen molar-refractivity contribution in [1.29, 1.82) is 0 Å². The van der Waals surface area contributed by atoms with Gasteiger partial charge >= 0.3 is 0 Å². The molecule has 0 atom stereocenters. The fourth-order valence-corrected chi connectivity index (χ4v) is 1.72. The maximum Gasteiger partial charge on any atom is 0.254 e. The largest absolute Gasteiger partial charge is 0.365 e. The van der Waals surface area contributed by atoms with Crippen LogP contribution in [-0.2, 0) is 7.05 Å². The summed E-state index contributed by atoms with van der Waals surface area (Å²) < 4.78 is 14.4. The first-order valence-corrected chi connectivity index (χ1v) is 5.25. The molecule has 0 spiro atoms. The van der Waals surface area contributed by atoms with E-state index in [4.69, 9.17) is 5.73 Å². The van der Waals surface area contributed by atoms with E-state index in [9.17, 15) is 14.0 Å². The summed E-state index contributed by atoms with van der Waals surface area (Å²) in [6.45, 7) is 0. The molecule has 0 aliphatic carbocycles. The van der Waals surface area contributed by atoms with Crippen LogP contribution in [0.5, 0.6) is 0 Å². The van der Waals surface area contributed by atoms with Crippen molar-refractivity contribution in [2.24, 2.45) is 12.8 Å². The van der Waals surface area contributed by atoms with Gasteiger partial charge in [-0.05, 0) is 17.7 Å². The number of carbonyl (C=O) groups excluding carboxylic acids is 1. The average molecular weight is 246 g/mol. The van der Waals surface area contributed by atoms with Gasteiger partial charge in [0.25, 0.3) is 5.91 Å². The van der Waals surface area contributed by atoms with E-state index in [-0.39, 0.29) is 11.4 Å². The molecule has 0 saturated heterocycles. The Bertz CT molecular complexity index is 660. The second-order valence-corrected chi connectivity index (χ2v) is 3.95. The van der Waals surface area contributed by atoms with Crippen molar-refractivity contribution in [3.05, 3.63) is 58.3 Å². The summed E-state index contributed by atoms with van der Waals surface area (Å²) in [5, 5.41) is 0. The summed E-state index contributed by atoms with van der Waals surface area (Å²) in [5.41, 5.74) is 5.46. The first kappa shape index (κ1) is 12.0. The zero-order valence-electron chi connectivity index (χ0n) is 9.68. The highest BCUT2D eigenvalue weighted by molar-refractivity contribution is 5.93. The minimum Gasteiger partial charge on any atom is -0.365 e. The summed E-state index contributed by atoms with van der Waals surface area (Å²) in [6.07, 6.45) is 2.94. The van der Waals surface area contributed by atoms with Gasteiger partial charge in [0.1, 0.15) is 11.4 Å². The normalized spacial score (nSPS) is 10.3. The third-order valence-corrected chi connectivity index (χ3v) is 2.58. The van der Waals surface area contributed by atoms with E-state index in [0.29, 0.717) is 11.1 Å². The van der Waals surface area contributed by atoms with Crippen LogP contribution in [-0.4, -0.2) is 10.5 Å². The number of benzene rings is 1. The maximum absolute atomic E-state index is 12.8. The van der Waals surface area contributed by atoms with Crippen molar-refractivity contribution in [3.8, 4) is 11.1 Å². The Morgan fingerprint density at radius 3 is 2.39 bits per heavy atom. The van der Waals surface area contributed by atoms with Gasteiger partial charge in [0.15, 0.2) is 0 Å². The molecule has 0 radical (unpaired) electrons. The Hall–Kier alpha value is -2.43. The number of amides is 1. The molecule has 1 amide bonds. The van der Waals surface area contributed by atoms with Gasteiger partial charge in [-0.15, -0.1) is 0 Å². The molecule has 4 nitrogen and oxygen atoms in total. The first-order valence-electron chi connectivity index (χ1n) is 5.25. The number of nitrogens with two attached hydrogens (primary N) is 1.